The Bertz CT molecular complexity index is 1310. The molecule has 0 saturated heterocycles. The molecule has 1 N–H and O–H groups in total. The predicted molar refractivity (Wildman–Crippen MR) is 126 cm³/mol. The van der Waals surface area contributed by atoms with E-state index in [1.165, 1.54) is 0 Å². The number of aryl methyl sites for hydroxylation is 2. The number of aromatic nitrogens is 2. The molecule has 2 amide bonds. The van der Waals surface area contributed by atoms with Crippen LogP contribution in [0.2, 0.25) is 0 Å². The van der Waals surface area contributed by atoms with Crippen molar-refractivity contribution in [3.05, 3.63) is 94.3 Å². The molecule has 2 aromatic carbocycles. The summed E-state index contributed by atoms with van der Waals surface area (Å²) < 4.78 is 5.73. The summed E-state index contributed by atoms with van der Waals surface area (Å²) in [6.45, 7) is 5.97. The van der Waals surface area contributed by atoms with E-state index in [4.69, 9.17) is 4.52 Å². The van der Waals surface area contributed by atoms with Gasteiger partial charge < -0.3 is 9.84 Å². The number of amides is 2. The number of nitrogens with one attached hydrogen (secondary N) is 1. The molecule has 1 unspecified atom stereocenters. The number of benzene rings is 2. The Labute approximate surface area is 190 Å². The van der Waals surface area contributed by atoms with E-state index in [9.17, 15) is 4.79 Å². The molecular weight excluding hydrogens is 420 g/mol. The zero-order valence-corrected chi connectivity index (χ0v) is 18.8. The van der Waals surface area contributed by atoms with Crippen LogP contribution in [0.5, 0.6) is 0 Å². The van der Waals surface area contributed by atoms with Gasteiger partial charge in [0, 0.05) is 5.70 Å². The van der Waals surface area contributed by atoms with Gasteiger partial charge >= 0.3 is 6.03 Å². The van der Waals surface area contributed by atoms with Crippen LogP contribution in [0.15, 0.2) is 76.3 Å². The van der Waals surface area contributed by atoms with Gasteiger partial charge in [-0.2, -0.15) is 4.98 Å². The highest BCUT2D eigenvalue weighted by Gasteiger charge is 2.36. The molecule has 0 bridgehead atoms. The molecule has 7 heteroatoms. The van der Waals surface area contributed by atoms with Crippen LogP contribution >= 0.6 is 11.3 Å². The largest absolute Gasteiger partial charge is 0.334 e. The van der Waals surface area contributed by atoms with Crippen LogP contribution in [0.4, 0.5) is 10.5 Å². The molecule has 0 saturated carbocycles. The van der Waals surface area contributed by atoms with Gasteiger partial charge in [-0.1, -0.05) is 53.2 Å². The maximum absolute atomic E-state index is 13.3. The molecule has 2 aromatic heterocycles. The van der Waals surface area contributed by atoms with Crippen molar-refractivity contribution in [3.8, 4) is 10.7 Å². The van der Waals surface area contributed by atoms with E-state index < -0.39 is 6.04 Å². The Morgan fingerprint density at radius 3 is 2.53 bits per heavy atom. The number of anilines is 1. The van der Waals surface area contributed by atoms with E-state index in [0.29, 0.717) is 11.7 Å². The fourth-order valence-electron chi connectivity index (χ4n) is 3.95. The van der Waals surface area contributed by atoms with Crippen molar-refractivity contribution in [2.75, 3.05) is 4.90 Å². The lowest BCUT2D eigenvalue weighted by Crippen LogP contribution is -2.46. The molecule has 160 valence electrons. The average molecular weight is 443 g/mol. The highest BCUT2D eigenvalue weighted by Crippen LogP contribution is 2.39. The summed E-state index contributed by atoms with van der Waals surface area (Å²) in [7, 11) is 0. The Hall–Kier alpha value is -3.71. The fraction of sp³-hybridized carbons (Fsp3) is 0.160. The molecule has 0 radical (unpaired) electrons. The highest BCUT2D eigenvalue weighted by atomic mass is 32.1. The fourth-order valence-corrected chi connectivity index (χ4v) is 4.59. The summed E-state index contributed by atoms with van der Waals surface area (Å²) in [5.41, 5.74) is 5.51. The van der Waals surface area contributed by atoms with Gasteiger partial charge in [-0.25, -0.2) is 4.79 Å². The molecule has 0 fully saturated rings. The summed E-state index contributed by atoms with van der Waals surface area (Å²) in [4.78, 5) is 20.5. The number of thiophene rings is 1. The Balaban J connectivity index is 1.67. The Kier molecular flexibility index (Phi) is 5.11. The van der Waals surface area contributed by atoms with E-state index >= 15 is 0 Å². The third kappa shape index (κ3) is 3.61. The second-order valence-corrected chi connectivity index (χ2v) is 8.81. The number of allylic oxidation sites excluding steroid dienone is 1. The number of nitrogens with zero attached hydrogens (tertiary/aromatic N) is 3. The van der Waals surface area contributed by atoms with Crippen molar-refractivity contribution in [2.45, 2.75) is 26.8 Å². The van der Waals surface area contributed by atoms with Gasteiger partial charge in [0.15, 0.2) is 0 Å². The number of carbonyl (C=O) groups is 1. The van der Waals surface area contributed by atoms with Gasteiger partial charge in [0.25, 0.3) is 5.89 Å². The minimum atomic E-state index is -0.402. The smallest absolute Gasteiger partial charge is 0.326 e. The first-order valence-electron chi connectivity index (χ1n) is 10.3. The lowest BCUT2D eigenvalue weighted by molar-refractivity contribution is 0.244. The van der Waals surface area contributed by atoms with Gasteiger partial charge in [0.1, 0.15) is 0 Å². The monoisotopic (exact) mass is 442 g/mol. The molecule has 0 aliphatic carbocycles. The van der Waals surface area contributed by atoms with Gasteiger partial charge in [-0.15, -0.1) is 11.3 Å². The molecule has 1 atom stereocenters. The third-order valence-corrected chi connectivity index (χ3v) is 6.42. The Morgan fingerprint density at radius 2 is 1.81 bits per heavy atom. The molecule has 1 aliphatic heterocycles. The second kappa shape index (κ2) is 8.09. The van der Waals surface area contributed by atoms with Crippen LogP contribution in [-0.2, 0) is 0 Å². The molecule has 32 heavy (non-hydrogen) atoms. The van der Waals surface area contributed by atoms with Crippen molar-refractivity contribution in [1.29, 1.82) is 0 Å². The van der Waals surface area contributed by atoms with E-state index in [-0.39, 0.29) is 6.03 Å². The van der Waals surface area contributed by atoms with E-state index in [0.717, 1.165) is 38.5 Å². The van der Waals surface area contributed by atoms with Crippen LogP contribution in [0.25, 0.3) is 16.3 Å². The number of urea groups is 1. The summed E-state index contributed by atoms with van der Waals surface area (Å²) >= 11 is 1.55. The third-order valence-electron chi connectivity index (χ3n) is 5.55. The lowest BCUT2D eigenvalue weighted by Gasteiger charge is -2.35. The molecule has 6 nitrogen and oxygen atoms in total. The van der Waals surface area contributed by atoms with Gasteiger partial charge in [0.2, 0.25) is 5.82 Å². The van der Waals surface area contributed by atoms with Crippen molar-refractivity contribution in [1.82, 2.24) is 15.5 Å². The predicted octanol–water partition coefficient (Wildman–Crippen LogP) is 6.12. The van der Waals surface area contributed by atoms with E-state index in [1.807, 2.05) is 86.8 Å². The summed E-state index contributed by atoms with van der Waals surface area (Å²) in [6.07, 6.45) is 0. The maximum Gasteiger partial charge on any atom is 0.326 e. The maximum atomic E-state index is 13.3. The first kappa shape index (κ1) is 20.2. The standard InChI is InChI=1S/C25H22N4O2S/c1-15-9-11-18(12-10-15)22-21(24-27-23(28-31-24)20-8-5-13-32-20)17(3)29(25(30)26-22)19-7-4-6-16(2)14-19/h4-14,22H,1-3H3,(H,26,30). The van der Waals surface area contributed by atoms with Gasteiger partial charge in [-0.3, -0.25) is 4.90 Å². The van der Waals surface area contributed by atoms with Crippen molar-refractivity contribution >= 4 is 28.6 Å². The van der Waals surface area contributed by atoms with Crippen molar-refractivity contribution in [2.24, 2.45) is 0 Å². The number of hydrogen-bond donors (Lipinski definition) is 1. The zero-order chi connectivity index (χ0) is 22.2. The first-order chi connectivity index (χ1) is 15.5. The van der Waals surface area contributed by atoms with Gasteiger partial charge in [-0.05, 0) is 55.5 Å². The van der Waals surface area contributed by atoms with Crippen LogP contribution in [-0.4, -0.2) is 16.2 Å². The molecule has 5 rings (SSSR count). The molecule has 3 heterocycles. The topological polar surface area (TPSA) is 71.3 Å². The highest BCUT2D eigenvalue weighted by molar-refractivity contribution is 7.13. The van der Waals surface area contributed by atoms with E-state index in [2.05, 4.69) is 15.5 Å². The average Bonchev–Trinajstić information content (AvgIpc) is 3.46. The second-order valence-electron chi connectivity index (χ2n) is 7.87. The lowest BCUT2D eigenvalue weighted by atomic mass is 9.94. The quantitative estimate of drug-likeness (QED) is 0.413. The summed E-state index contributed by atoms with van der Waals surface area (Å²) in [5, 5.41) is 9.32. The number of hydrogen-bond acceptors (Lipinski definition) is 5. The van der Waals surface area contributed by atoms with Crippen LogP contribution in [0.3, 0.4) is 0 Å². The van der Waals surface area contributed by atoms with E-state index in [1.54, 1.807) is 16.2 Å². The van der Waals surface area contributed by atoms with Crippen LogP contribution < -0.4 is 10.2 Å². The van der Waals surface area contributed by atoms with Crippen LogP contribution in [0.1, 0.15) is 35.5 Å². The summed E-state index contributed by atoms with van der Waals surface area (Å²) in [6, 6.07) is 19.3. The number of rotatable bonds is 4. The first-order valence-corrected chi connectivity index (χ1v) is 11.2. The van der Waals surface area contributed by atoms with Crippen molar-refractivity contribution in [3.63, 3.8) is 0 Å². The minimum Gasteiger partial charge on any atom is -0.334 e. The zero-order valence-electron chi connectivity index (χ0n) is 18.0. The van der Waals surface area contributed by atoms with Crippen LogP contribution in [0, 0.1) is 13.8 Å². The Morgan fingerprint density at radius 1 is 1.00 bits per heavy atom. The molecule has 4 aromatic rings. The SMILES string of the molecule is CC1=C(c2nc(-c3cccs3)no2)C(c2ccc(C)cc2)NC(=O)N1c1cccc(C)c1. The molecule has 1 aliphatic rings. The number of carbonyl (C=O) groups excluding carboxylic acids is 1. The minimum absolute atomic E-state index is 0.194. The molecular formula is C25H22N4O2S. The van der Waals surface area contributed by atoms with Crippen molar-refractivity contribution < 1.29 is 9.32 Å². The summed E-state index contributed by atoms with van der Waals surface area (Å²) in [5.74, 6) is 0.936. The normalized spacial score (nSPS) is 16.4. The molecule has 0 spiro atoms. The van der Waals surface area contributed by atoms with Gasteiger partial charge in [0.05, 0.1) is 22.2 Å².